The summed E-state index contributed by atoms with van der Waals surface area (Å²) >= 11 is 0. The largest absolute Gasteiger partial charge is 0.476 e. The Bertz CT molecular complexity index is 437. The van der Waals surface area contributed by atoms with E-state index in [1.165, 1.54) is 0 Å². The van der Waals surface area contributed by atoms with Gasteiger partial charge in [0.1, 0.15) is 0 Å². The molecule has 0 heterocycles. The van der Waals surface area contributed by atoms with Crippen molar-refractivity contribution in [3.05, 3.63) is 0 Å². The number of aliphatic hydroxyl groups excluding tert-OH is 1. The molecule has 0 aliphatic rings. The van der Waals surface area contributed by atoms with E-state index in [-0.39, 0.29) is 0 Å². The molecule has 2 atom stereocenters. The highest BCUT2D eigenvalue weighted by molar-refractivity contribution is 7.55. The van der Waals surface area contributed by atoms with Gasteiger partial charge in [0.2, 0.25) is 5.72 Å². The first-order valence-electron chi connectivity index (χ1n) is 4.94. The topological polar surface area (TPSA) is 178 Å². The van der Waals surface area contributed by atoms with E-state index in [1.54, 1.807) is 0 Å². The molecule has 0 aromatic heterocycles. The standard InChI is InChI=1S/C8H17N2O8P/c1-10(2,3)8(6(13)14,19(16,17)18)5(12)7(9,15)4-11/h11,15H,4,9H2,1-3H3,(H2-,13,14,16,17,18)/p+1. The number of hydrogen-bond acceptors (Lipinski definition) is 6. The fourth-order valence-electron chi connectivity index (χ4n) is 1.71. The van der Waals surface area contributed by atoms with E-state index in [0.29, 0.717) is 0 Å². The summed E-state index contributed by atoms with van der Waals surface area (Å²) in [6.45, 7) is -1.39. The number of likely N-dealkylation sites (N-methyl/N-ethyl adjacent to an activating group) is 1. The number of carbonyl (C=O) groups excluding carboxylic acids is 1. The molecule has 0 saturated heterocycles. The summed E-state index contributed by atoms with van der Waals surface area (Å²) in [5.74, 6) is -4.04. The van der Waals surface area contributed by atoms with E-state index < -0.39 is 41.4 Å². The first kappa shape index (κ1) is 18.1. The van der Waals surface area contributed by atoms with Crippen LogP contribution in [-0.4, -0.2) is 80.1 Å². The number of nitrogens with two attached hydrogens (primary N) is 1. The van der Waals surface area contributed by atoms with Crippen LogP contribution in [0.5, 0.6) is 0 Å². The van der Waals surface area contributed by atoms with Crippen molar-refractivity contribution in [2.24, 2.45) is 5.73 Å². The molecule has 10 nitrogen and oxygen atoms in total. The first-order chi connectivity index (χ1) is 8.16. The fraction of sp³-hybridized carbons (Fsp3) is 0.750. The van der Waals surface area contributed by atoms with Gasteiger partial charge in [-0.15, -0.1) is 0 Å². The lowest BCUT2D eigenvalue weighted by Gasteiger charge is -2.43. The minimum atomic E-state index is -5.58. The van der Waals surface area contributed by atoms with Crippen molar-refractivity contribution in [2.45, 2.75) is 11.0 Å². The monoisotopic (exact) mass is 301 g/mol. The van der Waals surface area contributed by atoms with Gasteiger partial charge in [-0.2, -0.15) is 0 Å². The number of hydrogen-bond donors (Lipinski definition) is 6. The summed E-state index contributed by atoms with van der Waals surface area (Å²) in [4.78, 5) is 42.0. The highest BCUT2D eigenvalue weighted by Crippen LogP contribution is 2.55. The Morgan fingerprint density at radius 3 is 1.79 bits per heavy atom. The number of carboxylic acids is 1. The van der Waals surface area contributed by atoms with E-state index in [1.807, 2.05) is 0 Å². The third-order valence-corrected chi connectivity index (χ3v) is 4.48. The van der Waals surface area contributed by atoms with Crippen molar-refractivity contribution in [3.8, 4) is 0 Å². The van der Waals surface area contributed by atoms with Crippen LogP contribution in [0.3, 0.4) is 0 Å². The predicted molar refractivity (Wildman–Crippen MR) is 61.7 cm³/mol. The molecular formula is C8H18N2O8P+. The molecule has 0 saturated carbocycles. The molecule has 0 fully saturated rings. The Kier molecular flexibility index (Phi) is 4.68. The summed E-state index contributed by atoms with van der Waals surface area (Å²) in [5, 5.41) is 24.1. The minimum absolute atomic E-state index is 1.04. The van der Waals surface area contributed by atoms with Gasteiger partial charge in [-0.25, -0.2) is 4.79 Å². The van der Waals surface area contributed by atoms with Gasteiger partial charge in [-0.1, -0.05) is 0 Å². The predicted octanol–water partition coefficient (Wildman–Crippen LogP) is -3.14. The van der Waals surface area contributed by atoms with Crippen molar-refractivity contribution in [2.75, 3.05) is 27.7 Å². The van der Waals surface area contributed by atoms with Crippen molar-refractivity contribution in [1.82, 2.24) is 0 Å². The van der Waals surface area contributed by atoms with Crippen LogP contribution < -0.4 is 5.73 Å². The molecule has 0 spiro atoms. The number of aliphatic carboxylic acids is 1. The molecule has 19 heavy (non-hydrogen) atoms. The lowest BCUT2D eigenvalue weighted by molar-refractivity contribution is -0.890. The Hall–Kier alpha value is -0.870. The maximum atomic E-state index is 12.0. The van der Waals surface area contributed by atoms with Crippen LogP contribution in [0, 0.1) is 0 Å². The van der Waals surface area contributed by atoms with Crippen LogP contribution in [0.1, 0.15) is 0 Å². The van der Waals surface area contributed by atoms with Gasteiger partial charge in [0.15, 0.2) is 0 Å². The third-order valence-electron chi connectivity index (χ3n) is 2.64. The summed E-state index contributed by atoms with van der Waals surface area (Å²) in [7, 11) is -2.46. The Balaban J connectivity index is 6.47. The minimum Gasteiger partial charge on any atom is -0.476 e. The quantitative estimate of drug-likeness (QED) is 0.128. The van der Waals surface area contributed by atoms with E-state index in [0.717, 1.165) is 21.1 Å². The van der Waals surface area contributed by atoms with Gasteiger partial charge in [0.25, 0.3) is 5.78 Å². The second-order valence-electron chi connectivity index (χ2n) is 4.95. The van der Waals surface area contributed by atoms with Crippen LogP contribution in [-0.2, 0) is 14.2 Å². The molecule has 11 heteroatoms. The Labute approximate surface area is 108 Å². The lowest BCUT2D eigenvalue weighted by Crippen LogP contribution is -2.73. The number of ketones is 1. The van der Waals surface area contributed by atoms with Gasteiger partial charge < -0.3 is 25.1 Å². The van der Waals surface area contributed by atoms with Gasteiger partial charge in [-0.05, 0) is 0 Å². The van der Waals surface area contributed by atoms with Gasteiger partial charge in [0.05, 0.1) is 27.7 Å². The van der Waals surface area contributed by atoms with Crippen LogP contribution in [0.4, 0.5) is 0 Å². The second kappa shape index (κ2) is 4.91. The van der Waals surface area contributed by atoms with Crippen molar-refractivity contribution in [3.63, 3.8) is 0 Å². The number of quaternary nitrogens is 1. The SMILES string of the molecule is C[N+](C)(C)C(C(=O)O)(C(=O)C(N)(O)CO)P(=O)(O)O. The van der Waals surface area contributed by atoms with E-state index >= 15 is 0 Å². The molecule has 0 aliphatic carbocycles. The molecule has 0 radical (unpaired) electrons. The van der Waals surface area contributed by atoms with Crippen LogP contribution in [0.25, 0.3) is 0 Å². The van der Waals surface area contributed by atoms with Crippen molar-refractivity contribution >= 4 is 19.3 Å². The van der Waals surface area contributed by atoms with Crippen LogP contribution >= 0.6 is 7.60 Å². The third kappa shape index (κ3) is 2.70. The second-order valence-corrected chi connectivity index (χ2v) is 6.68. The maximum absolute atomic E-state index is 12.0. The van der Waals surface area contributed by atoms with E-state index in [2.05, 4.69) is 0 Å². The highest BCUT2D eigenvalue weighted by atomic mass is 31.2. The zero-order valence-corrected chi connectivity index (χ0v) is 11.5. The van der Waals surface area contributed by atoms with Crippen LogP contribution in [0.2, 0.25) is 0 Å². The normalized spacial score (nSPS) is 19.4. The molecule has 2 unspecified atom stereocenters. The summed E-state index contributed by atoms with van der Waals surface area (Å²) in [6, 6.07) is 0. The number of aliphatic hydroxyl groups is 2. The average molecular weight is 301 g/mol. The molecule has 0 bridgehead atoms. The summed E-state index contributed by atoms with van der Waals surface area (Å²) in [6.07, 6.45) is 0. The lowest BCUT2D eigenvalue weighted by atomic mass is 9.99. The molecule has 0 aromatic rings. The van der Waals surface area contributed by atoms with Gasteiger partial charge in [0, 0.05) is 0 Å². The number of rotatable bonds is 6. The number of carbonyl (C=O) groups is 2. The number of carboxylic acid groups (broad SMARTS) is 1. The molecule has 0 amide bonds. The summed E-state index contributed by atoms with van der Waals surface area (Å²) < 4.78 is 10.5. The van der Waals surface area contributed by atoms with E-state index in [9.17, 15) is 29.0 Å². The van der Waals surface area contributed by atoms with Crippen molar-refractivity contribution < 1.29 is 43.7 Å². The Morgan fingerprint density at radius 2 is 1.63 bits per heavy atom. The molecule has 0 aromatic carbocycles. The highest BCUT2D eigenvalue weighted by Gasteiger charge is 2.73. The summed E-state index contributed by atoms with van der Waals surface area (Å²) in [5.41, 5.74) is 1.92. The number of Topliss-reactive ketones (excluding diaryl/α,β-unsaturated/α-hetero) is 1. The van der Waals surface area contributed by atoms with Gasteiger partial charge in [-0.3, -0.25) is 19.6 Å². The smallest absolute Gasteiger partial charge is 0.405 e. The molecular weight excluding hydrogens is 283 g/mol. The van der Waals surface area contributed by atoms with E-state index in [4.69, 9.17) is 15.9 Å². The van der Waals surface area contributed by atoms with Crippen LogP contribution in [0.15, 0.2) is 0 Å². The molecule has 112 valence electrons. The van der Waals surface area contributed by atoms with Gasteiger partial charge >= 0.3 is 18.8 Å². The zero-order valence-electron chi connectivity index (χ0n) is 10.6. The average Bonchev–Trinajstić information content (AvgIpc) is 2.12. The Morgan fingerprint density at radius 1 is 1.26 bits per heavy atom. The zero-order chi connectivity index (χ0) is 15.9. The fourth-order valence-corrected chi connectivity index (χ4v) is 3.20. The number of nitrogens with zero attached hydrogens (tertiary/aromatic N) is 1. The maximum Gasteiger partial charge on any atom is 0.405 e. The molecule has 7 N–H and O–H groups in total. The van der Waals surface area contributed by atoms with Crippen molar-refractivity contribution in [1.29, 1.82) is 0 Å². The molecule has 0 aliphatic heterocycles. The molecule has 0 rings (SSSR count). The first-order valence-corrected chi connectivity index (χ1v) is 6.55.